The molecule has 0 spiro atoms. The molecule has 0 saturated carbocycles. The average Bonchev–Trinajstić information content (AvgIpc) is 2.50. The first-order valence-electron chi connectivity index (χ1n) is 3.91. The highest BCUT2D eigenvalue weighted by molar-refractivity contribution is 7.82. The molecule has 5 nitrogen and oxygen atoms in total. The minimum atomic E-state index is -1.55. The van der Waals surface area contributed by atoms with Gasteiger partial charge in [-0.1, -0.05) is 0 Å². The van der Waals surface area contributed by atoms with Crippen molar-refractivity contribution in [2.75, 3.05) is 0 Å². The van der Waals surface area contributed by atoms with Crippen LogP contribution in [0.25, 0.3) is 0 Å². The van der Waals surface area contributed by atoms with Crippen molar-refractivity contribution in [1.29, 1.82) is 0 Å². The van der Waals surface area contributed by atoms with Crippen LogP contribution in [0.15, 0.2) is 17.3 Å². The summed E-state index contributed by atoms with van der Waals surface area (Å²) < 4.78 is 12.3. The Bertz CT molecular complexity index is 310. The second-order valence-electron chi connectivity index (χ2n) is 2.91. The standard InChI is InChI=1S/C7H13N3O2S/c1-5(6(2)11)10-4-3-7(9-10)13(8)12/h3-6,11H,8H2,1-2H3. The Morgan fingerprint density at radius 2 is 2.31 bits per heavy atom. The summed E-state index contributed by atoms with van der Waals surface area (Å²) >= 11 is 0. The third-order valence-electron chi connectivity index (χ3n) is 1.91. The van der Waals surface area contributed by atoms with E-state index in [1.807, 2.05) is 6.92 Å². The van der Waals surface area contributed by atoms with Crippen molar-refractivity contribution >= 4 is 11.0 Å². The molecule has 6 heteroatoms. The fourth-order valence-corrected chi connectivity index (χ4v) is 1.25. The zero-order chi connectivity index (χ0) is 10.0. The molecule has 0 aromatic carbocycles. The Balaban J connectivity index is 2.85. The van der Waals surface area contributed by atoms with Crippen LogP contribution in [0.3, 0.4) is 0 Å². The van der Waals surface area contributed by atoms with Crippen molar-refractivity contribution in [3.05, 3.63) is 12.3 Å². The molecule has 74 valence electrons. The van der Waals surface area contributed by atoms with Crippen molar-refractivity contribution in [3.63, 3.8) is 0 Å². The highest BCUT2D eigenvalue weighted by Crippen LogP contribution is 2.10. The number of nitrogens with zero attached hydrogens (tertiary/aromatic N) is 2. The van der Waals surface area contributed by atoms with Crippen molar-refractivity contribution in [3.8, 4) is 0 Å². The van der Waals surface area contributed by atoms with E-state index in [4.69, 9.17) is 5.14 Å². The topological polar surface area (TPSA) is 81.1 Å². The van der Waals surface area contributed by atoms with E-state index < -0.39 is 17.1 Å². The van der Waals surface area contributed by atoms with Gasteiger partial charge in [0.05, 0.1) is 12.1 Å². The van der Waals surface area contributed by atoms with Gasteiger partial charge in [0, 0.05) is 6.20 Å². The Kier molecular flexibility index (Phi) is 3.18. The molecule has 13 heavy (non-hydrogen) atoms. The SMILES string of the molecule is CC(O)C(C)n1ccc(S(N)=O)n1. The molecular formula is C7H13N3O2S. The minimum Gasteiger partial charge on any atom is -0.391 e. The summed E-state index contributed by atoms with van der Waals surface area (Å²) in [5.74, 6) is 0. The highest BCUT2D eigenvalue weighted by atomic mass is 32.2. The van der Waals surface area contributed by atoms with E-state index in [0.717, 1.165) is 0 Å². The van der Waals surface area contributed by atoms with Gasteiger partial charge < -0.3 is 5.11 Å². The molecule has 1 aromatic heterocycles. The second-order valence-corrected chi connectivity index (χ2v) is 3.93. The summed E-state index contributed by atoms with van der Waals surface area (Å²) in [6, 6.07) is 1.44. The molecule has 0 radical (unpaired) electrons. The first-order valence-corrected chi connectivity index (χ1v) is 5.13. The Morgan fingerprint density at radius 3 is 2.69 bits per heavy atom. The van der Waals surface area contributed by atoms with E-state index in [-0.39, 0.29) is 6.04 Å². The van der Waals surface area contributed by atoms with Crippen LogP contribution in [-0.2, 0) is 11.0 Å². The summed E-state index contributed by atoms with van der Waals surface area (Å²) in [4.78, 5) is 0. The number of rotatable bonds is 3. The molecule has 0 bridgehead atoms. The zero-order valence-electron chi connectivity index (χ0n) is 7.54. The van der Waals surface area contributed by atoms with E-state index in [0.29, 0.717) is 5.03 Å². The van der Waals surface area contributed by atoms with E-state index in [2.05, 4.69) is 5.10 Å². The number of hydrogen-bond donors (Lipinski definition) is 2. The molecule has 1 aromatic rings. The van der Waals surface area contributed by atoms with Gasteiger partial charge in [-0.25, -0.2) is 9.35 Å². The maximum Gasteiger partial charge on any atom is 0.164 e. The molecule has 0 aliphatic heterocycles. The smallest absolute Gasteiger partial charge is 0.164 e. The van der Waals surface area contributed by atoms with Crippen LogP contribution in [0.5, 0.6) is 0 Å². The van der Waals surface area contributed by atoms with Crippen LogP contribution in [-0.4, -0.2) is 25.2 Å². The number of aliphatic hydroxyl groups is 1. The van der Waals surface area contributed by atoms with Crippen LogP contribution in [0.2, 0.25) is 0 Å². The molecule has 0 saturated heterocycles. The van der Waals surface area contributed by atoms with Crippen LogP contribution in [0.4, 0.5) is 0 Å². The molecule has 0 fully saturated rings. The molecule has 3 unspecified atom stereocenters. The second kappa shape index (κ2) is 3.99. The molecule has 0 aliphatic carbocycles. The van der Waals surface area contributed by atoms with Gasteiger partial charge in [0.25, 0.3) is 0 Å². The lowest BCUT2D eigenvalue weighted by molar-refractivity contribution is 0.132. The minimum absolute atomic E-state index is 0.141. The van der Waals surface area contributed by atoms with Gasteiger partial charge in [0.1, 0.15) is 11.0 Å². The van der Waals surface area contributed by atoms with E-state index in [1.54, 1.807) is 23.9 Å². The van der Waals surface area contributed by atoms with Gasteiger partial charge in [-0.05, 0) is 19.9 Å². The quantitative estimate of drug-likeness (QED) is 0.714. The molecule has 1 rings (SSSR count). The van der Waals surface area contributed by atoms with Crippen LogP contribution >= 0.6 is 0 Å². The number of hydrogen-bond acceptors (Lipinski definition) is 3. The lowest BCUT2D eigenvalue weighted by atomic mass is 10.2. The zero-order valence-corrected chi connectivity index (χ0v) is 8.36. The molecule has 3 N–H and O–H groups in total. The summed E-state index contributed by atoms with van der Waals surface area (Å²) in [7, 11) is -1.55. The Hall–Kier alpha value is -0.720. The number of nitrogens with two attached hydrogens (primary N) is 1. The van der Waals surface area contributed by atoms with Crippen molar-refractivity contribution in [2.45, 2.75) is 31.0 Å². The first kappa shape index (κ1) is 10.4. The number of aliphatic hydroxyl groups excluding tert-OH is 1. The largest absolute Gasteiger partial charge is 0.391 e. The predicted molar refractivity (Wildman–Crippen MR) is 49.2 cm³/mol. The average molecular weight is 203 g/mol. The lowest BCUT2D eigenvalue weighted by Gasteiger charge is -2.14. The third kappa shape index (κ3) is 2.36. The maximum absolute atomic E-state index is 10.8. The van der Waals surface area contributed by atoms with Gasteiger partial charge in [-0.15, -0.1) is 0 Å². The van der Waals surface area contributed by atoms with Crippen molar-refractivity contribution in [1.82, 2.24) is 9.78 Å². The fraction of sp³-hybridized carbons (Fsp3) is 0.571. The maximum atomic E-state index is 10.8. The molecule has 0 aliphatic rings. The summed E-state index contributed by atoms with van der Waals surface area (Å²) in [5, 5.41) is 18.7. The van der Waals surface area contributed by atoms with Gasteiger partial charge >= 0.3 is 0 Å². The normalized spacial score (nSPS) is 18.2. The Labute approximate surface area is 79.1 Å². The fourth-order valence-electron chi connectivity index (χ4n) is 0.876. The molecule has 3 atom stereocenters. The summed E-state index contributed by atoms with van der Waals surface area (Å²) in [6.45, 7) is 3.49. The monoisotopic (exact) mass is 203 g/mol. The molecule has 1 heterocycles. The van der Waals surface area contributed by atoms with Crippen LogP contribution in [0.1, 0.15) is 19.9 Å². The van der Waals surface area contributed by atoms with Crippen molar-refractivity contribution < 1.29 is 9.32 Å². The van der Waals surface area contributed by atoms with Gasteiger partial charge in [-0.2, -0.15) is 5.10 Å². The van der Waals surface area contributed by atoms with Gasteiger partial charge in [-0.3, -0.25) is 4.68 Å². The lowest BCUT2D eigenvalue weighted by Crippen LogP contribution is -2.19. The van der Waals surface area contributed by atoms with Crippen LogP contribution in [0, 0.1) is 0 Å². The van der Waals surface area contributed by atoms with Crippen molar-refractivity contribution in [2.24, 2.45) is 5.14 Å². The molecule has 0 amide bonds. The van der Waals surface area contributed by atoms with E-state index in [1.165, 1.54) is 0 Å². The van der Waals surface area contributed by atoms with E-state index >= 15 is 0 Å². The Morgan fingerprint density at radius 1 is 1.69 bits per heavy atom. The number of aromatic nitrogens is 2. The summed E-state index contributed by atoms with van der Waals surface area (Å²) in [5.41, 5.74) is 0. The van der Waals surface area contributed by atoms with Gasteiger partial charge in [0.15, 0.2) is 5.03 Å². The highest BCUT2D eigenvalue weighted by Gasteiger charge is 2.12. The first-order chi connectivity index (χ1) is 6.02. The van der Waals surface area contributed by atoms with E-state index in [9.17, 15) is 9.32 Å². The predicted octanol–water partition coefficient (Wildman–Crippen LogP) is -0.194. The van der Waals surface area contributed by atoms with Crippen LogP contribution < -0.4 is 5.14 Å². The van der Waals surface area contributed by atoms with Gasteiger partial charge in [0.2, 0.25) is 0 Å². The third-order valence-corrected chi connectivity index (χ3v) is 2.54. The summed E-state index contributed by atoms with van der Waals surface area (Å²) in [6.07, 6.45) is 1.15. The molecular weight excluding hydrogens is 190 g/mol.